The molecule has 0 radical (unpaired) electrons. The first kappa shape index (κ1) is 13.8. The molecule has 1 saturated heterocycles. The van der Waals surface area contributed by atoms with Gasteiger partial charge >= 0.3 is 0 Å². The van der Waals surface area contributed by atoms with E-state index in [0.29, 0.717) is 5.69 Å². The van der Waals surface area contributed by atoms with Crippen LogP contribution in [0.4, 0.5) is 5.69 Å². The second-order valence-electron chi connectivity index (χ2n) is 4.04. The molecule has 0 unspecified atom stereocenters. The van der Waals surface area contributed by atoms with E-state index in [2.05, 4.69) is 10.6 Å². The maximum absolute atomic E-state index is 11.8. The van der Waals surface area contributed by atoms with E-state index in [0.717, 1.165) is 25.8 Å². The Morgan fingerprint density at radius 2 is 2.24 bits per heavy atom. The summed E-state index contributed by atoms with van der Waals surface area (Å²) in [5.41, 5.74) is 0.636. The highest BCUT2D eigenvalue weighted by Gasteiger charge is 2.20. The van der Waals surface area contributed by atoms with Gasteiger partial charge in [-0.2, -0.15) is 0 Å². The van der Waals surface area contributed by atoms with Crippen LogP contribution in [0.5, 0.6) is 5.75 Å². The minimum absolute atomic E-state index is 0. The van der Waals surface area contributed by atoms with Crippen LogP contribution in [-0.4, -0.2) is 23.6 Å². The molecule has 94 valence electrons. The summed E-state index contributed by atoms with van der Waals surface area (Å²) in [6, 6.07) is 6.49. The van der Waals surface area contributed by atoms with Crippen molar-refractivity contribution in [2.45, 2.75) is 25.3 Å². The van der Waals surface area contributed by atoms with E-state index in [4.69, 9.17) is 0 Å². The van der Waals surface area contributed by atoms with Gasteiger partial charge in [0.25, 0.3) is 0 Å². The molecule has 1 atom stereocenters. The zero-order valence-electron chi connectivity index (χ0n) is 9.48. The SMILES string of the molecule is Cl.O=C(Nc1cccc(O)c1)[C@@H]1CCCCN1. The number of hydrogen-bond acceptors (Lipinski definition) is 3. The number of carbonyl (C=O) groups is 1. The zero-order valence-corrected chi connectivity index (χ0v) is 10.3. The molecule has 1 aromatic carbocycles. The molecule has 5 heteroatoms. The summed E-state index contributed by atoms with van der Waals surface area (Å²) in [7, 11) is 0. The van der Waals surface area contributed by atoms with Crippen LogP contribution in [0.1, 0.15) is 19.3 Å². The van der Waals surface area contributed by atoms with Crippen LogP contribution in [0.15, 0.2) is 24.3 Å². The fourth-order valence-corrected chi connectivity index (χ4v) is 1.89. The lowest BCUT2D eigenvalue weighted by Crippen LogP contribution is -2.43. The van der Waals surface area contributed by atoms with Crippen molar-refractivity contribution in [3.8, 4) is 5.75 Å². The van der Waals surface area contributed by atoms with Crippen molar-refractivity contribution in [1.29, 1.82) is 0 Å². The van der Waals surface area contributed by atoms with Crippen molar-refractivity contribution in [3.63, 3.8) is 0 Å². The highest BCUT2D eigenvalue weighted by molar-refractivity contribution is 5.95. The smallest absolute Gasteiger partial charge is 0.241 e. The first-order valence-corrected chi connectivity index (χ1v) is 5.59. The third kappa shape index (κ3) is 3.91. The first-order valence-electron chi connectivity index (χ1n) is 5.59. The predicted octanol–water partition coefficient (Wildman–Crippen LogP) is 1.89. The van der Waals surface area contributed by atoms with E-state index < -0.39 is 0 Å². The normalized spacial score (nSPS) is 19.2. The van der Waals surface area contributed by atoms with Crippen molar-refractivity contribution in [2.24, 2.45) is 0 Å². The van der Waals surface area contributed by atoms with Gasteiger partial charge in [0.2, 0.25) is 5.91 Å². The number of benzene rings is 1. The molecule has 1 heterocycles. The molecule has 4 nitrogen and oxygen atoms in total. The summed E-state index contributed by atoms with van der Waals surface area (Å²) in [6.07, 6.45) is 3.10. The van der Waals surface area contributed by atoms with E-state index in [9.17, 15) is 9.90 Å². The van der Waals surface area contributed by atoms with Gasteiger partial charge in [0.05, 0.1) is 6.04 Å². The maximum Gasteiger partial charge on any atom is 0.241 e. The maximum atomic E-state index is 11.8. The van der Waals surface area contributed by atoms with Gasteiger partial charge in [0.15, 0.2) is 0 Å². The van der Waals surface area contributed by atoms with E-state index in [1.165, 1.54) is 0 Å². The summed E-state index contributed by atoms with van der Waals surface area (Å²) < 4.78 is 0. The number of phenolic OH excluding ortho intramolecular Hbond substituents is 1. The van der Waals surface area contributed by atoms with Gasteiger partial charge in [-0.15, -0.1) is 12.4 Å². The monoisotopic (exact) mass is 256 g/mol. The largest absolute Gasteiger partial charge is 0.508 e. The Morgan fingerprint density at radius 3 is 2.88 bits per heavy atom. The Labute approximate surface area is 107 Å². The van der Waals surface area contributed by atoms with Crippen molar-refractivity contribution in [2.75, 3.05) is 11.9 Å². The number of hydrogen-bond donors (Lipinski definition) is 3. The number of aromatic hydroxyl groups is 1. The van der Waals surface area contributed by atoms with Crippen LogP contribution in [0, 0.1) is 0 Å². The van der Waals surface area contributed by atoms with Gasteiger partial charge in [-0.25, -0.2) is 0 Å². The molecule has 0 aliphatic carbocycles. The van der Waals surface area contributed by atoms with Gasteiger partial charge in [-0.05, 0) is 31.5 Å². The molecule has 3 N–H and O–H groups in total. The Morgan fingerprint density at radius 1 is 1.41 bits per heavy atom. The molecule has 0 spiro atoms. The lowest BCUT2D eigenvalue weighted by Gasteiger charge is -2.22. The fraction of sp³-hybridized carbons (Fsp3) is 0.417. The van der Waals surface area contributed by atoms with Crippen LogP contribution in [0.25, 0.3) is 0 Å². The summed E-state index contributed by atoms with van der Waals surface area (Å²) in [4.78, 5) is 11.8. The van der Waals surface area contributed by atoms with Gasteiger partial charge in [0, 0.05) is 11.8 Å². The molecule has 17 heavy (non-hydrogen) atoms. The number of nitrogens with one attached hydrogen (secondary N) is 2. The molecule has 0 aromatic heterocycles. The minimum Gasteiger partial charge on any atom is -0.508 e. The van der Waals surface area contributed by atoms with Crippen LogP contribution < -0.4 is 10.6 Å². The number of amides is 1. The predicted molar refractivity (Wildman–Crippen MR) is 69.6 cm³/mol. The van der Waals surface area contributed by atoms with E-state index in [1.807, 2.05) is 0 Å². The number of anilines is 1. The lowest BCUT2D eigenvalue weighted by atomic mass is 10.0. The molecular formula is C12H17ClN2O2. The highest BCUT2D eigenvalue weighted by atomic mass is 35.5. The number of carbonyl (C=O) groups excluding carboxylic acids is 1. The third-order valence-electron chi connectivity index (χ3n) is 2.74. The molecule has 1 fully saturated rings. The summed E-state index contributed by atoms with van der Waals surface area (Å²) >= 11 is 0. The average molecular weight is 257 g/mol. The number of halogens is 1. The molecule has 1 amide bonds. The topological polar surface area (TPSA) is 61.4 Å². The van der Waals surface area contributed by atoms with Crippen molar-refractivity contribution >= 4 is 24.0 Å². The third-order valence-corrected chi connectivity index (χ3v) is 2.74. The second kappa shape index (κ2) is 6.47. The lowest BCUT2D eigenvalue weighted by molar-refractivity contribution is -0.118. The molecule has 1 aliphatic rings. The minimum atomic E-state index is -0.101. The molecule has 0 bridgehead atoms. The van der Waals surface area contributed by atoms with Gasteiger partial charge in [-0.1, -0.05) is 12.5 Å². The molecule has 1 aromatic rings. The Kier molecular flexibility index (Phi) is 5.25. The molecular weight excluding hydrogens is 240 g/mol. The Bertz CT molecular complexity index is 379. The number of piperidine rings is 1. The average Bonchev–Trinajstić information content (AvgIpc) is 2.30. The Hall–Kier alpha value is -1.26. The van der Waals surface area contributed by atoms with E-state index >= 15 is 0 Å². The fourth-order valence-electron chi connectivity index (χ4n) is 1.89. The summed E-state index contributed by atoms with van der Waals surface area (Å²) in [5, 5.41) is 15.2. The van der Waals surface area contributed by atoms with E-state index in [-0.39, 0.29) is 30.1 Å². The summed E-state index contributed by atoms with van der Waals surface area (Å²) in [5.74, 6) is 0.139. The van der Waals surface area contributed by atoms with Gasteiger partial charge in [0.1, 0.15) is 5.75 Å². The van der Waals surface area contributed by atoms with Crippen LogP contribution in [-0.2, 0) is 4.79 Å². The standard InChI is InChI=1S/C12H16N2O2.ClH/c15-10-5-3-4-9(8-10)14-12(16)11-6-1-2-7-13-11;/h3-5,8,11,13,15H,1-2,6-7H2,(H,14,16);1H/t11-;/m0./s1. The van der Waals surface area contributed by atoms with Crippen LogP contribution in [0.3, 0.4) is 0 Å². The highest BCUT2D eigenvalue weighted by Crippen LogP contribution is 2.16. The van der Waals surface area contributed by atoms with Gasteiger partial charge in [-0.3, -0.25) is 4.79 Å². The molecule has 1 aliphatic heterocycles. The summed E-state index contributed by atoms with van der Waals surface area (Å²) in [6.45, 7) is 0.901. The molecule has 2 rings (SSSR count). The van der Waals surface area contributed by atoms with Crippen molar-refractivity contribution < 1.29 is 9.90 Å². The first-order chi connectivity index (χ1) is 7.75. The number of phenols is 1. The Balaban J connectivity index is 0.00000144. The van der Waals surface area contributed by atoms with Gasteiger partial charge < -0.3 is 15.7 Å². The number of rotatable bonds is 2. The zero-order chi connectivity index (χ0) is 11.4. The van der Waals surface area contributed by atoms with E-state index in [1.54, 1.807) is 24.3 Å². The molecule has 0 saturated carbocycles. The van der Waals surface area contributed by atoms with Crippen LogP contribution >= 0.6 is 12.4 Å². The van der Waals surface area contributed by atoms with Crippen LogP contribution in [0.2, 0.25) is 0 Å². The second-order valence-corrected chi connectivity index (χ2v) is 4.04. The van der Waals surface area contributed by atoms with Crippen molar-refractivity contribution in [1.82, 2.24) is 5.32 Å². The van der Waals surface area contributed by atoms with Crippen molar-refractivity contribution in [3.05, 3.63) is 24.3 Å². The quantitative estimate of drug-likeness (QED) is 0.757.